The number of phenols is 1. The summed E-state index contributed by atoms with van der Waals surface area (Å²) < 4.78 is 38.2. The minimum absolute atomic E-state index is 0.103. The number of anilines is 1. The lowest BCUT2D eigenvalue weighted by atomic mass is 10.1. The molecule has 15 heteroatoms. The molecule has 1 aliphatic heterocycles. The number of hydrogen-bond acceptors (Lipinski definition) is 12. The molecule has 0 radical (unpaired) electrons. The fraction of sp³-hybridized carbons (Fsp3) is 0.333. The largest absolute Gasteiger partial charge is 0.507 e. The van der Waals surface area contributed by atoms with Gasteiger partial charge >= 0.3 is 10.3 Å². The number of fused-ring (bicyclic) bond motifs is 1. The highest BCUT2D eigenvalue weighted by atomic mass is 32.2. The van der Waals surface area contributed by atoms with E-state index < -0.39 is 52.6 Å². The van der Waals surface area contributed by atoms with Crippen LogP contribution in [0.15, 0.2) is 36.9 Å². The summed E-state index contributed by atoms with van der Waals surface area (Å²) in [6, 6.07) is 5.34. The van der Waals surface area contributed by atoms with Gasteiger partial charge in [-0.15, -0.1) is 0 Å². The molecule has 33 heavy (non-hydrogen) atoms. The maximum Gasteiger partial charge on any atom is 0.362 e. The number of aliphatic hydroxyl groups is 2. The van der Waals surface area contributed by atoms with Gasteiger partial charge in [0.15, 0.2) is 17.7 Å². The van der Waals surface area contributed by atoms with Gasteiger partial charge in [0, 0.05) is 0 Å². The molecule has 3 heterocycles. The monoisotopic (exact) mass is 480 g/mol. The summed E-state index contributed by atoms with van der Waals surface area (Å²) in [6.45, 7) is 1.28. The van der Waals surface area contributed by atoms with Crippen LogP contribution in [0.5, 0.6) is 5.75 Å². The minimum atomic E-state index is -4.67. The van der Waals surface area contributed by atoms with E-state index >= 15 is 0 Å². The molecule has 0 bridgehead atoms. The Morgan fingerprint density at radius 2 is 1.97 bits per heavy atom. The van der Waals surface area contributed by atoms with Crippen molar-refractivity contribution < 1.29 is 37.5 Å². The van der Waals surface area contributed by atoms with Crippen LogP contribution >= 0.6 is 0 Å². The summed E-state index contributed by atoms with van der Waals surface area (Å²) in [5.74, 6) is -1.43. The number of imidazole rings is 1. The SMILES string of the molecule is CC(OS(=O)(=O)NC(=O)c1ccccc1O)[C@H]1O[C@@H](n2cnc3c(N)ncnc32)[C@H](O)[C@@H]1O. The number of hydrogen-bond donors (Lipinski definition) is 5. The third kappa shape index (κ3) is 4.31. The average Bonchev–Trinajstić information content (AvgIpc) is 3.30. The van der Waals surface area contributed by atoms with Crippen molar-refractivity contribution in [2.45, 2.75) is 37.6 Å². The van der Waals surface area contributed by atoms with Gasteiger partial charge in [0.25, 0.3) is 5.91 Å². The Hall–Kier alpha value is -3.37. The fourth-order valence-corrected chi connectivity index (χ4v) is 4.37. The average molecular weight is 480 g/mol. The molecule has 1 fully saturated rings. The molecule has 1 aromatic carbocycles. The first-order chi connectivity index (χ1) is 15.6. The number of nitrogen functional groups attached to an aromatic ring is 1. The van der Waals surface area contributed by atoms with Gasteiger partial charge in [0.1, 0.15) is 42.0 Å². The first-order valence-corrected chi connectivity index (χ1v) is 11.0. The van der Waals surface area contributed by atoms with Crippen LogP contribution in [-0.4, -0.2) is 73.6 Å². The molecule has 4 rings (SSSR count). The molecule has 2 aromatic heterocycles. The molecule has 1 amide bonds. The number of phenolic OH excluding ortho intramolecular Hbond substituents is 1. The molecule has 1 unspecified atom stereocenters. The first-order valence-electron chi connectivity index (χ1n) is 9.57. The lowest BCUT2D eigenvalue weighted by Crippen LogP contribution is -2.42. The van der Waals surface area contributed by atoms with Gasteiger partial charge in [-0.05, 0) is 19.1 Å². The van der Waals surface area contributed by atoms with Crippen molar-refractivity contribution >= 4 is 33.2 Å². The third-order valence-corrected chi connectivity index (χ3v) is 6.04. The van der Waals surface area contributed by atoms with E-state index in [0.29, 0.717) is 0 Å². The molecule has 0 spiro atoms. The zero-order valence-corrected chi connectivity index (χ0v) is 17.8. The molecule has 176 valence electrons. The second-order valence-electron chi connectivity index (χ2n) is 7.26. The second-order valence-corrected chi connectivity index (χ2v) is 8.56. The van der Waals surface area contributed by atoms with E-state index in [1.165, 1.54) is 48.4 Å². The topological polar surface area (TPSA) is 212 Å². The Bertz CT molecular complexity index is 1300. The number of ether oxygens (including phenoxy) is 1. The van der Waals surface area contributed by atoms with E-state index in [1.54, 1.807) is 4.72 Å². The number of aromatic nitrogens is 4. The van der Waals surface area contributed by atoms with Crippen molar-refractivity contribution in [2.24, 2.45) is 0 Å². The lowest BCUT2D eigenvalue weighted by molar-refractivity contribution is -0.0696. The molecule has 6 N–H and O–H groups in total. The van der Waals surface area contributed by atoms with Crippen LogP contribution < -0.4 is 10.5 Å². The van der Waals surface area contributed by atoms with Crippen LogP contribution in [0.1, 0.15) is 23.5 Å². The standard InChI is InChI=1S/C18H20N6O8S/c1-8(32-33(29,30)23-17(28)9-4-2-3-5-10(9)25)14-12(26)13(27)18(31-14)24-7-22-11-15(19)20-6-21-16(11)24/h2-8,12-14,18,25-27H,1H3,(H,23,28)(H2,19,20,21)/t8?,12-,13+,14+,18+/m0/s1. The van der Waals surface area contributed by atoms with E-state index in [9.17, 15) is 28.5 Å². The van der Waals surface area contributed by atoms with E-state index in [1.807, 2.05) is 0 Å². The van der Waals surface area contributed by atoms with Crippen LogP contribution in [0.4, 0.5) is 5.82 Å². The van der Waals surface area contributed by atoms with Gasteiger partial charge in [-0.3, -0.25) is 9.36 Å². The molecule has 0 saturated carbocycles. The number of nitrogens with two attached hydrogens (primary N) is 1. The number of rotatable bonds is 6. The summed E-state index contributed by atoms with van der Waals surface area (Å²) >= 11 is 0. The van der Waals surface area contributed by atoms with Crippen LogP contribution in [0.3, 0.4) is 0 Å². The number of benzene rings is 1. The number of carbonyl (C=O) groups excluding carboxylic acids is 1. The highest BCUT2D eigenvalue weighted by Gasteiger charge is 2.48. The van der Waals surface area contributed by atoms with Gasteiger partial charge < -0.3 is 25.8 Å². The van der Waals surface area contributed by atoms with Gasteiger partial charge in [0.2, 0.25) is 0 Å². The summed E-state index contributed by atoms with van der Waals surface area (Å²) in [4.78, 5) is 24.1. The number of para-hydroxylation sites is 1. The molecule has 5 atom stereocenters. The Balaban J connectivity index is 1.49. The maximum atomic E-state index is 12.3. The highest BCUT2D eigenvalue weighted by Crippen LogP contribution is 2.34. The highest BCUT2D eigenvalue weighted by molar-refractivity contribution is 7.85. The zero-order chi connectivity index (χ0) is 23.9. The molecular weight excluding hydrogens is 460 g/mol. The second kappa shape index (κ2) is 8.53. The minimum Gasteiger partial charge on any atom is -0.507 e. The predicted octanol–water partition coefficient (Wildman–Crippen LogP) is -1.19. The van der Waals surface area contributed by atoms with Crippen molar-refractivity contribution in [2.75, 3.05) is 5.73 Å². The van der Waals surface area contributed by atoms with Crippen molar-refractivity contribution in [1.29, 1.82) is 0 Å². The molecule has 1 aliphatic rings. The molecule has 14 nitrogen and oxygen atoms in total. The van der Waals surface area contributed by atoms with Crippen molar-refractivity contribution in [3.8, 4) is 5.75 Å². The predicted molar refractivity (Wildman–Crippen MR) is 111 cm³/mol. The first kappa shape index (κ1) is 22.8. The van der Waals surface area contributed by atoms with Crippen LogP contribution in [-0.2, 0) is 19.2 Å². The van der Waals surface area contributed by atoms with Gasteiger partial charge in [-0.25, -0.2) is 23.9 Å². The summed E-state index contributed by atoms with van der Waals surface area (Å²) in [5, 5.41) is 30.7. The van der Waals surface area contributed by atoms with E-state index in [4.69, 9.17) is 14.7 Å². The summed E-state index contributed by atoms with van der Waals surface area (Å²) in [5.41, 5.74) is 5.96. The van der Waals surface area contributed by atoms with Gasteiger partial charge in [-0.2, -0.15) is 8.42 Å². The Morgan fingerprint density at radius 3 is 2.70 bits per heavy atom. The Morgan fingerprint density at radius 1 is 1.24 bits per heavy atom. The number of amides is 1. The zero-order valence-electron chi connectivity index (χ0n) is 17.0. The maximum absolute atomic E-state index is 12.3. The van der Waals surface area contributed by atoms with Crippen molar-refractivity contribution in [3.05, 3.63) is 42.5 Å². The summed E-state index contributed by atoms with van der Waals surface area (Å²) in [7, 11) is -4.67. The number of nitrogens with one attached hydrogen (secondary N) is 1. The number of nitrogens with zero attached hydrogens (tertiary/aromatic N) is 4. The van der Waals surface area contributed by atoms with E-state index in [-0.39, 0.29) is 22.5 Å². The Kier molecular flexibility index (Phi) is 5.89. The van der Waals surface area contributed by atoms with Crippen LogP contribution in [0.25, 0.3) is 11.2 Å². The number of aliphatic hydroxyl groups excluding tert-OH is 2. The van der Waals surface area contributed by atoms with Crippen molar-refractivity contribution in [1.82, 2.24) is 24.2 Å². The fourth-order valence-electron chi connectivity index (χ4n) is 3.47. The van der Waals surface area contributed by atoms with Gasteiger partial charge in [0.05, 0.1) is 11.9 Å². The third-order valence-electron chi connectivity index (χ3n) is 5.04. The molecular formula is C18H20N6O8S. The summed E-state index contributed by atoms with van der Waals surface area (Å²) in [6.07, 6.45) is -4.39. The molecule has 3 aromatic rings. The van der Waals surface area contributed by atoms with Gasteiger partial charge in [-0.1, -0.05) is 12.1 Å². The van der Waals surface area contributed by atoms with Crippen molar-refractivity contribution in [3.63, 3.8) is 0 Å². The number of carbonyl (C=O) groups is 1. The van der Waals surface area contributed by atoms with E-state index in [0.717, 1.165) is 0 Å². The molecule has 1 saturated heterocycles. The number of aromatic hydroxyl groups is 1. The lowest BCUT2D eigenvalue weighted by Gasteiger charge is -2.22. The van der Waals surface area contributed by atoms with E-state index in [2.05, 4.69) is 15.0 Å². The smallest absolute Gasteiger partial charge is 0.362 e. The quantitative estimate of drug-likeness (QED) is 0.282. The Labute approximate surface area is 186 Å². The molecule has 0 aliphatic carbocycles. The van der Waals surface area contributed by atoms with Crippen LogP contribution in [0.2, 0.25) is 0 Å². The normalized spacial score (nSPS) is 24.1. The van der Waals surface area contributed by atoms with Crippen LogP contribution in [0, 0.1) is 0 Å².